The van der Waals surface area contributed by atoms with E-state index in [9.17, 15) is 0 Å². The van der Waals surface area contributed by atoms with Gasteiger partial charge in [-0.1, -0.05) is 13.0 Å². The van der Waals surface area contributed by atoms with Crippen LogP contribution in [0, 0.1) is 12.8 Å². The van der Waals surface area contributed by atoms with E-state index in [1.165, 1.54) is 12.8 Å². The van der Waals surface area contributed by atoms with E-state index in [2.05, 4.69) is 30.9 Å². The van der Waals surface area contributed by atoms with Crippen molar-refractivity contribution in [1.82, 2.24) is 4.98 Å². The van der Waals surface area contributed by atoms with Crippen molar-refractivity contribution < 1.29 is 0 Å². The standard InChI is InChI=1S/C14H23N3/c1-10-5-4-8-17(12(10)3)14-7-6-13(9-15)11(2)16-14/h6-7,10,12H,4-5,8-9,15H2,1-3H3. The molecule has 0 saturated carbocycles. The molecule has 1 fully saturated rings. The van der Waals surface area contributed by atoms with Crippen molar-refractivity contribution in [3.63, 3.8) is 0 Å². The van der Waals surface area contributed by atoms with Crippen LogP contribution in [0.1, 0.15) is 37.9 Å². The molecule has 1 saturated heterocycles. The number of aromatic nitrogens is 1. The van der Waals surface area contributed by atoms with Gasteiger partial charge in [-0.3, -0.25) is 0 Å². The monoisotopic (exact) mass is 233 g/mol. The number of nitrogens with zero attached hydrogens (tertiary/aromatic N) is 2. The maximum atomic E-state index is 5.67. The van der Waals surface area contributed by atoms with Gasteiger partial charge in [-0.25, -0.2) is 4.98 Å². The van der Waals surface area contributed by atoms with Gasteiger partial charge >= 0.3 is 0 Å². The predicted octanol–water partition coefficient (Wildman–Crippen LogP) is 2.47. The summed E-state index contributed by atoms with van der Waals surface area (Å²) in [5, 5.41) is 0. The largest absolute Gasteiger partial charge is 0.354 e. The molecule has 3 nitrogen and oxygen atoms in total. The summed E-state index contributed by atoms with van der Waals surface area (Å²) in [6.45, 7) is 8.38. The molecule has 94 valence electrons. The second-order valence-corrected chi connectivity index (χ2v) is 5.17. The van der Waals surface area contributed by atoms with Crippen molar-refractivity contribution in [2.45, 2.75) is 46.2 Å². The van der Waals surface area contributed by atoms with Gasteiger partial charge in [0, 0.05) is 24.8 Å². The fourth-order valence-electron chi connectivity index (χ4n) is 2.61. The molecule has 0 aliphatic carbocycles. The Hall–Kier alpha value is -1.09. The van der Waals surface area contributed by atoms with Gasteiger partial charge in [0.1, 0.15) is 5.82 Å². The van der Waals surface area contributed by atoms with Gasteiger partial charge < -0.3 is 10.6 Å². The Kier molecular flexibility index (Phi) is 3.67. The second kappa shape index (κ2) is 5.05. The topological polar surface area (TPSA) is 42.2 Å². The molecule has 0 radical (unpaired) electrons. The molecule has 2 N–H and O–H groups in total. The molecule has 1 aromatic rings. The quantitative estimate of drug-likeness (QED) is 0.853. The molecule has 0 bridgehead atoms. The molecule has 0 aromatic carbocycles. The first-order chi connectivity index (χ1) is 8.13. The van der Waals surface area contributed by atoms with E-state index in [4.69, 9.17) is 10.7 Å². The highest BCUT2D eigenvalue weighted by Gasteiger charge is 2.25. The van der Waals surface area contributed by atoms with Crippen LogP contribution in [0.4, 0.5) is 5.82 Å². The number of nitrogens with two attached hydrogens (primary N) is 1. The maximum Gasteiger partial charge on any atom is 0.129 e. The molecule has 1 aromatic heterocycles. The van der Waals surface area contributed by atoms with Gasteiger partial charge in [-0.15, -0.1) is 0 Å². The summed E-state index contributed by atoms with van der Waals surface area (Å²) in [7, 11) is 0. The lowest BCUT2D eigenvalue weighted by Gasteiger charge is -2.39. The molecule has 1 aliphatic heterocycles. The summed E-state index contributed by atoms with van der Waals surface area (Å²) in [6, 6.07) is 4.81. The van der Waals surface area contributed by atoms with Crippen LogP contribution in [0.15, 0.2) is 12.1 Å². The van der Waals surface area contributed by atoms with E-state index < -0.39 is 0 Å². The van der Waals surface area contributed by atoms with Crippen LogP contribution in [-0.2, 0) is 6.54 Å². The Labute approximate surface area is 104 Å². The minimum absolute atomic E-state index is 0.574. The highest BCUT2D eigenvalue weighted by Crippen LogP contribution is 2.27. The highest BCUT2D eigenvalue weighted by molar-refractivity contribution is 5.43. The molecule has 17 heavy (non-hydrogen) atoms. The fourth-order valence-corrected chi connectivity index (χ4v) is 2.61. The Balaban J connectivity index is 2.24. The number of piperidine rings is 1. The van der Waals surface area contributed by atoms with Crippen LogP contribution in [-0.4, -0.2) is 17.6 Å². The van der Waals surface area contributed by atoms with E-state index in [0.717, 1.165) is 29.5 Å². The Morgan fingerprint density at radius 1 is 1.41 bits per heavy atom. The van der Waals surface area contributed by atoms with Gasteiger partial charge in [-0.05, 0) is 44.2 Å². The fraction of sp³-hybridized carbons (Fsp3) is 0.643. The summed E-state index contributed by atoms with van der Waals surface area (Å²) in [5.74, 6) is 1.86. The van der Waals surface area contributed by atoms with E-state index in [1.807, 2.05) is 6.92 Å². The molecule has 1 aliphatic rings. The lowest BCUT2D eigenvalue weighted by atomic mass is 9.92. The first kappa shape index (κ1) is 12.4. The van der Waals surface area contributed by atoms with Crippen molar-refractivity contribution >= 4 is 5.82 Å². The van der Waals surface area contributed by atoms with E-state index in [1.54, 1.807) is 0 Å². The number of aryl methyl sites for hydroxylation is 1. The summed E-state index contributed by atoms with van der Waals surface area (Å²) >= 11 is 0. The summed E-state index contributed by atoms with van der Waals surface area (Å²) in [5.41, 5.74) is 7.89. The highest BCUT2D eigenvalue weighted by atomic mass is 15.2. The van der Waals surface area contributed by atoms with Crippen molar-refractivity contribution in [2.24, 2.45) is 11.7 Å². The first-order valence-electron chi connectivity index (χ1n) is 6.56. The van der Waals surface area contributed by atoms with E-state index in [-0.39, 0.29) is 0 Å². The van der Waals surface area contributed by atoms with Crippen LogP contribution in [0.2, 0.25) is 0 Å². The van der Waals surface area contributed by atoms with E-state index >= 15 is 0 Å². The van der Waals surface area contributed by atoms with Gasteiger partial charge in [0.2, 0.25) is 0 Å². The molecule has 0 spiro atoms. The van der Waals surface area contributed by atoms with E-state index in [0.29, 0.717) is 12.6 Å². The summed E-state index contributed by atoms with van der Waals surface area (Å²) in [6.07, 6.45) is 2.60. The minimum atomic E-state index is 0.574. The van der Waals surface area contributed by atoms with Crippen LogP contribution in [0.25, 0.3) is 0 Å². The number of hydrogen-bond donors (Lipinski definition) is 1. The van der Waals surface area contributed by atoms with Gasteiger partial charge in [0.15, 0.2) is 0 Å². The average Bonchev–Trinajstić information content (AvgIpc) is 2.32. The zero-order valence-corrected chi connectivity index (χ0v) is 11.1. The second-order valence-electron chi connectivity index (χ2n) is 5.17. The third-order valence-electron chi connectivity index (χ3n) is 4.07. The Morgan fingerprint density at radius 3 is 2.82 bits per heavy atom. The lowest BCUT2D eigenvalue weighted by molar-refractivity contribution is 0.361. The molecule has 0 amide bonds. The number of anilines is 1. The predicted molar refractivity (Wildman–Crippen MR) is 72.1 cm³/mol. The zero-order chi connectivity index (χ0) is 12.4. The summed E-state index contributed by atoms with van der Waals surface area (Å²) in [4.78, 5) is 7.13. The Bertz CT molecular complexity index is 389. The van der Waals surface area contributed by atoms with Gasteiger partial charge in [0.05, 0.1) is 0 Å². The number of hydrogen-bond acceptors (Lipinski definition) is 3. The van der Waals surface area contributed by atoms with Gasteiger partial charge in [0.25, 0.3) is 0 Å². The van der Waals surface area contributed by atoms with Crippen molar-refractivity contribution in [3.05, 3.63) is 23.4 Å². The van der Waals surface area contributed by atoms with Crippen LogP contribution < -0.4 is 10.6 Å². The number of rotatable bonds is 2. The Morgan fingerprint density at radius 2 is 2.18 bits per heavy atom. The SMILES string of the molecule is Cc1nc(N2CCCC(C)C2C)ccc1CN. The normalized spacial score (nSPS) is 25.1. The van der Waals surface area contributed by atoms with Crippen molar-refractivity contribution in [2.75, 3.05) is 11.4 Å². The molecule has 2 atom stereocenters. The molecule has 2 unspecified atom stereocenters. The van der Waals surface area contributed by atoms with Crippen LogP contribution in [0.5, 0.6) is 0 Å². The smallest absolute Gasteiger partial charge is 0.129 e. The average molecular weight is 233 g/mol. The minimum Gasteiger partial charge on any atom is -0.354 e. The van der Waals surface area contributed by atoms with Crippen molar-refractivity contribution in [1.29, 1.82) is 0 Å². The molecule has 3 heteroatoms. The van der Waals surface area contributed by atoms with Crippen LogP contribution >= 0.6 is 0 Å². The molecular weight excluding hydrogens is 210 g/mol. The number of pyridine rings is 1. The molecule has 2 rings (SSSR count). The lowest BCUT2D eigenvalue weighted by Crippen LogP contribution is -2.43. The van der Waals surface area contributed by atoms with Crippen LogP contribution in [0.3, 0.4) is 0 Å². The first-order valence-corrected chi connectivity index (χ1v) is 6.56. The molecule has 2 heterocycles. The third kappa shape index (κ3) is 2.44. The zero-order valence-electron chi connectivity index (χ0n) is 11.1. The summed E-state index contributed by atoms with van der Waals surface area (Å²) < 4.78 is 0. The van der Waals surface area contributed by atoms with Gasteiger partial charge in [-0.2, -0.15) is 0 Å². The third-order valence-corrected chi connectivity index (χ3v) is 4.07. The molecular formula is C14H23N3. The van der Waals surface area contributed by atoms with Crippen molar-refractivity contribution in [3.8, 4) is 0 Å². The maximum absolute atomic E-state index is 5.67.